The molecule has 1 atom stereocenters. The fourth-order valence-corrected chi connectivity index (χ4v) is 4.62. The van der Waals surface area contributed by atoms with Crippen molar-refractivity contribution in [2.75, 3.05) is 7.11 Å². The number of benzene rings is 3. The van der Waals surface area contributed by atoms with Gasteiger partial charge in [-0.25, -0.2) is 17.9 Å². The number of methoxy groups -OCH3 is 1. The van der Waals surface area contributed by atoms with Crippen molar-refractivity contribution in [1.82, 2.24) is 0 Å². The molecule has 29 heavy (non-hydrogen) atoms. The minimum Gasteiger partial charge on any atom is -0.496 e. The summed E-state index contributed by atoms with van der Waals surface area (Å²) in [4.78, 5) is 0. The summed E-state index contributed by atoms with van der Waals surface area (Å²) in [5, 5.41) is 5.21. The second-order valence-electron chi connectivity index (χ2n) is 6.76. The van der Waals surface area contributed by atoms with Crippen LogP contribution in [-0.4, -0.2) is 15.5 Å². The van der Waals surface area contributed by atoms with Gasteiger partial charge >= 0.3 is 0 Å². The molecule has 0 fully saturated rings. The summed E-state index contributed by atoms with van der Waals surface area (Å²) in [5.74, 6) is 0.496. The quantitative estimate of drug-likeness (QED) is 0.598. The van der Waals surface area contributed by atoms with Crippen LogP contribution in [0.25, 0.3) is 11.1 Å². The van der Waals surface area contributed by atoms with E-state index in [2.05, 4.69) is 15.9 Å². The largest absolute Gasteiger partial charge is 0.496 e. The first kappa shape index (κ1) is 19.9. The second-order valence-corrected chi connectivity index (χ2v) is 9.29. The van der Waals surface area contributed by atoms with E-state index in [1.54, 1.807) is 31.4 Å². The predicted molar refractivity (Wildman–Crippen MR) is 112 cm³/mol. The smallest absolute Gasteiger partial charge is 0.213 e. The SMILES string of the molecule is COc1cc(Br)cc2c1-c1ccc(CS(N)(=O)=O)cc1C(c1cccc(F)c1)O2. The number of hydrogen-bond acceptors (Lipinski definition) is 4. The van der Waals surface area contributed by atoms with Gasteiger partial charge in [0.2, 0.25) is 10.0 Å². The first-order valence-corrected chi connectivity index (χ1v) is 11.2. The van der Waals surface area contributed by atoms with Crippen LogP contribution in [0.5, 0.6) is 11.5 Å². The third kappa shape index (κ3) is 4.01. The molecule has 3 aromatic rings. The van der Waals surface area contributed by atoms with Crippen molar-refractivity contribution >= 4 is 26.0 Å². The lowest BCUT2D eigenvalue weighted by Gasteiger charge is -2.31. The molecule has 1 aliphatic rings. The number of rotatable bonds is 4. The van der Waals surface area contributed by atoms with Crippen LogP contribution >= 0.6 is 15.9 Å². The van der Waals surface area contributed by atoms with Crippen LogP contribution in [0, 0.1) is 5.82 Å². The van der Waals surface area contributed by atoms with E-state index in [1.807, 2.05) is 18.2 Å². The molecule has 1 unspecified atom stereocenters. The molecule has 2 N–H and O–H groups in total. The average molecular weight is 478 g/mol. The lowest BCUT2D eigenvalue weighted by atomic mass is 9.88. The van der Waals surface area contributed by atoms with Crippen LogP contribution < -0.4 is 14.6 Å². The maximum Gasteiger partial charge on any atom is 0.213 e. The van der Waals surface area contributed by atoms with Gasteiger partial charge in [0.05, 0.1) is 18.4 Å². The fourth-order valence-electron chi connectivity index (χ4n) is 3.56. The van der Waals surface area contributed by atoms with Crippen LogP contribution in [-0.2, 0) is 15.8 Å². The van der Waals surface area contributed by atoms with Crippen molar-refractivity contribution in [2.24, 2.45) is 5.14 Å². The Kier molecular flexibility index (Phi) is 5.10. The highest BCUT2D eigenvalue weighted by Crippen LogP contribution is 2.50. The van der Waals surface area contributed by atoms with E-state index in [-0.39, 0.29) is 11.6 Å². The predicted octanol–water partition coefficient (Wildman–Crippen LogP) is 4.53. The molecule has 0 spiro atoms. The van der Waals surface area contributed by atoms with Gasteiger partial charge in [-0.2, -0.15) is 0 Å². The Bertz CT molecular complexity index is 1210. The number of nitrogens with two attached hydrogens (primary N) is 1. The highest BCUT2D eigenvalue weighted by atomic mass is 79.9. The summed E-state index contributed by atoms with van der Waals surface area (Å²) in [5.41, 5.74) is 3.42. The molecule has 0 aliphatic carbocycles. The van der Waals surface area contributed by atoms with Crippen molar-refractivity contribution in [2.45, 2.75) is 11.9 Å². The zero-order valence-corrected chi connectivity index (χ0v) is 17.8. The minimum atomic E-state index is -3.70. The molecule has 0 radical (unpaired) electrons. The number of primary sulfonamides is 1. The second kappa shape index (κ2) is 7.44. The lowest BCUT2D eigenvalue weighted by molar-refractivity contribution is 0.241. The Hall–Kier alpha value is -2.42. The summed E-state index contributed by atoms with van der Waals surface area (Å²) in [6.07, 6.45) is -0.618. The molecule has 0 saturated heterocycles. The average Bonchev–Trinajstić information content (AvgIpc) is 2.65. The first-order valence-electron chi connectivity index (χ1n) is 8.68. The van der Waals surface area contributed by atoms with Crippen molar-refractivity contribution in [3.05, 3.63) is 81.6 Å². The van der Waals surface area contributed by atoms with E-state index in [4.69, 9.17) is 14.6 Å². The van der Waals surface area contributed by atoms with Crippen molar-refractivity contribution in [1.29, 1.82) is 0 Å². The topological polar surface area (TPSA) is 78.6 Å². The van der Waals surface area contributed by atoms with Crippen LogP contribution in [0.1, 0.15) is 22.8 Å². The van der Waals surface area contributed by atoms with E-state index in [0.29, 0.717) is 28.2 Å². The molecular formula is C21H17BrFNO4S. The van der Waals surface area contributed by atoms with Gasteiger partial charge < -0.3 is 9.47 Å². The van der Waals surface area contributed by atoms with Gasteiger partial charge in [0.1, 0.15) is 23.4 Å². The molecule has 0 bridgehead atoms. The Morgan fingerprint density at radius 1 is 1.17 bits per heavy atom. The van der Waals surface area contributed by atoms with E-state index < -0.39 is 16.1 Å². The number of sulfonamides is 1. The van der Waals surface area contributed by atoms with Crippen LogP contribution in [0.4, 0.5) is 4.39 Å². The summed E-state index contributed by atoms with van der Waals surface area (Å²) in [6.45, 7) is 0. The summed E-state index contributed by atoms with van der Waals surface area (Å²) in [7, 11) is -2.14. The third-order valence-corrected chi connectivity index (χ3v) is 5.88. The number of fused-ring (bicyclic) bond motifs is 3. The standard InChI is InChI=1S/C21H17BrFNO4S/c1-27-18-9-14(22)10-19-20(18)16-6-5-12(11-29(24,25)26)7-17(16)21(28-19)13-3-2-4-15(23)8-13/h2-10,21H,11H2,1H3,(H2,24,25,26). The zero-order valence-electron chi connectivity index (χ0n) is 15.4. The Morgan fingerprint density at radius 3 is 2.66 bits per heavy atom. The highest BCUT2D eigenvalue weighted by molar-refractivity contribution is 9.10. The molecule has 1 heterocycles. The molecule has 5 nitrogen and oxygen atoms in total. The van der Waals surface area contributed by atoms with E-state index in [9.17, 15) is 12.8 Å². The Morgan fingerprint density at radius 2 is 1.97 bits per heavy atom. The van der Waals surface area contributed by atoms with Crippen molar-refractivity contribution < 1.29 is 22.3 Å². The van der Waals surface area contributed by atoms with E-state index >= 15 is 0 Å². The number of ether oxygens (including phenoxy) is 2. The van der Waals surface area contributed by atoms with Gasteiger partial charge in [0, 0.05) is 10.0 Å². The number of halogens is 2. The highest BCUT2D eigenvalue weighted by Gasteiger charge is 2.31. The van der Waals surface area contributed by atoms with Gasteiger partial charge in [-0.1, -0.05) is 46.3 Å². The maximum atomic E-state index is 13.9. The Labute approximate surface area is 176 Å². The minimum absolute atomic E-state index is 0.305. The molecular weight excluding hydrogens is 461 g/mol. The molecule has 0 amide bonds. The fraction of sp³-hybridized carbons (Fsp3) is 0.143. The van der Waals surface area contributed by atoms with Gasteiger partial charge in [-0.05, 0) is 41.0 Å². The normalized spacial score (nSPS) is 15.2. The van der Waals surface area contributed by atoms with E-state index in [1.165, 1.54) is 12.1 Å². The molecule has 1 aliphatic heterocycles. The molecule has 0 aromatic heterocycles. The van der Waals surface area contributed by atoms with Crippen molar-refractivity contribution in [3.8, 4) is 22.6 Å². The zero-order chi connectivity index (χ0) is 20.8. The van der Waals surface area contributed by atoms with Crippen molar-refractivity contribution in [3.63, 3.8) is 0 Å². The van der Waals surface area contributed by atoms with Crippen LogP contribution in [0.2, 0.25) is 0 Å². The van der Waals surface area contributed by atoms with Crippen LogP contribution in [0.3, 0.4) is 0 Å². The van der Waals surface area contributed by atoms with Crippen LogP contribution in [0.15, 0.2) is 59.1 Å². The third-order valence-electron chi connectivity index (χ3n) is 4.68. The summed E-state index contributed by atoms with van der Waals surface area (Å²) in [6, 6.07) is 15.1. The molecule has 8 heteroatoms. The summed E-state index contributed by atoms with van der Waals surface area (Å²) >= 11 is 3.45. The number of hydrogen-bond donors (Lipinski definition) is 1. The van der Waals surface area contributed by atoms with E-state index in [0.717, 1.165) is 15.6 Å². The Balaban J connectivity index is 1.95. The monoisotopic (exact) mass is 477 g/mol. The van der Waals surface area contributed by atoms with Gasteiger partial charge in [0.25, 0.3) is 0 Å². The summed E-state index contributed by atoms with van der Waals surface area (Å²) < 4.78 is 49.6. The maximum absolute atomic E-state index is 13.9. The molecule has 4 rings (SSSR count). The molecule has 3 aromatic carbocycles. The molecule has 0 saturated carbocycles. The van der Waals surface area contributed by atoms with Gasteiger partial charge in [0.15, 0.2) is 0 Å². The lowest BCUT2D eigenvalue weighted by Crippen LogP contribution is -2.18. The molecule has 150 valence electrons. The van der Waals surface area contributed by atoms with Gasteiger partial charge in [-0.3, -0.25) is 0 Å². The van der Waals surface area contributed by atoms with Gasteiger partial charge in [-0.15, -0.1) is 0 Å². The first-order chi connectivity index (χ1) is 13.7.